The summed E-state index contributed by atoms with van der Waals surface area (Å²) in [5.74, 6) is 0.337. The quantitative estimate of drug-likeness (QED) is 0.811. The van der Waals surface area contributed by atoms with Crippen LogP contribution in [0.4, 0.5) is 0 Å². The number of aromatic nitrogens is 1. The van der Waals surface area contributed by atoms with Gasteiger partial charge in [-0.3, -0.25) is 4.90 Å². The molecule has 136 valence electrons. The highest BCUT2D eigenvalue weighted by atomic mass is 35.5. The number of rotatable bonds is 4. The van der Waals surface area contributed by atoms with Gasteiger partial charge in [0.1, 0.15) is 10.6 Å². The average Bonchev–Trinajstić information content (AvgIpc) is 2.94. The van der Waals surface area contributed by atoms with Gasteiger partial charge in [-0.15, -0.1) is 0 Å². The Bertz CT molecular complexity index is 838. The largest absolute Gasteiger partial charge is 0.360 e. The second-order valence-corrected chi connectivity index (χ2v) is 8.57. The van der Waals surface area contributed by atoms with Gasteiger partial charge in [-0.2, -0.15) is 4.31 Å². The first-order chi connectivity index (χ1) is 11.8. The van der Waals surface area contributed by atoms with Crippen LogP contribution in [0.5, 0.6) is 0 Å². The highest BCUT2D eigenvalue weighted by Crippen LogP contribution is 2.29. The zero-order valence-corrected chi connectivity index (χ0v) is 16.1. The standard InChI is InChI=1S/C17H22ClN3O3S/c1-12-17(14(3)24-19-12)25(22,23)21-10-8-20(9-11-21)13(2)15-6-4-5-7-16(15)18/h4-7,13H,8-11H2,1-3H3. The summed E-state index contributed by atoms with van der Waals surface area (Å²) >= 11 is 6.29. The molecule has 1 unspecified atom stereocenters. The molecule has 0 saturated carbocycles. The minimum Gasteiger partial charge on any atom is -0.360 e. The molecule has 1 aromatic carbocycles. The molecule has 0 bridgehead atoms. The molecular weight excluding hydrogens is 362 g/mol. The second kappa shape index (κ2) is 7.07. The molecule has 0 amide bonds. The van der Waals surface area contributed by atoms with E-state index in [1.807, 2.05) is 24.3 Å². The number of hydrogen-bond acceptors (Lipinski definition) is 5. The third kappa shape index (κ3) is 3.46. The van der Waals surface area contributed by atoms with Crippen LogP contribution in [0.2, 0.25) is 5.02 Å². The summed E-state index contributed by atoms with van der Waals surface area (Å²) in [4.78, 5) is 2.45. The number of hydrogen-bond donors (Lipinski definition) is 0. The summed E-state index contributed by atoms with van der Waals surface area (Å²) in [5, 5.41) is 4.50. The number of nitrogens with zero attached hydrogens (tertiary/aromatic N) is 3. The van der Waals surface area contributed by atoms with E-state index in [0.717, 1.165) is 10.6 Å². The molecule has 0 aliphatic carbocycles. The zero-order chi connectivity index (χ0) is 18.2. The van der Waals surface area contributed by atoms with Crippen molar-refractivity contribution in [3.8, 4) is 0 Å². The van der Waals surface area contributed by atoms with Gasteiger partial charge < -0.3 is 4.52 Å². The Morgan fingerprint density at radius 2 is 1.80 bits per heavy atom. The molecule has 0 spiro atoms. The highest BCUT2D eigenvalue weighted by Gasteiger charge is 2.34. The SMILES string of the molecule is Cc1noc(C)c1S(=O)(=O)N1CCN(C(C)c2ccccc2Cl)CC1. The fourth-order valence-corrected chi connectivity index (χ4v) is 5.32. The molecule has 1 aromatic heterocycles. The molecule has 0 radical (unpaired) electrons. The van der Waals surface area contributed by atoms with Gasteiger partial charge in [-0.25, -0.2) is 8.42 Å². The van der Waals surface area contributed by atoms with Crippen molar-refractivity contribution in [3.63, 3.8) is 0 Å². The van der Waals surface area contributed by atoms with Gasteiger partial charge in [0.2, 0.25) is 10.0 Å². The molecule has 1 aliphatic heterocycles. The van der Waals surface area contributed by atoms with Crippen LogP contribution in [-0.4, -0.2) is 49.0 Å². The smallest absolute Gasteiger partial charge is 0.248 e. The third-order valence-electron chi connectivity index (χ3n) is 4.74. The molecule has 1 aliphatic rings. The molecule has 1 fully saturated rings. The van der Waals surface area contributed by atoms with Crippen LogP contribution in [0.25, 0.3) is 0 Å². The van der Waals surface area contributed by atoms with Gasteiger partial charge in [0.25, 0.3) is 0 Å². The van der Waals surface area contributed by atoms with E-state index in [0.29, 0.717) is 37.6 Å². The van der Waals surface area contributed by atoms with Crippen LogP contribution in [0.15, 0.2) is 33.7 Å². The van der Waals surface area contributed by atoms with E-state index in [-0.39, 0.29) is 10.9 Å². The predicted octanol–water partition coefficient (Wildman–Crippen LogP) is 3.01. The van der Waals surface area contributed by atoms with Crippen LogP contribution in [0.3, 0.4) is 0 Å². The Kier molecular flexibility index (Phi) is 5.20. The van der Waals surface area contributed by atoms with Gasteiger partial charge in [0, 0.05) is 37.2 Å². The van der Waals surface area contributed by atoms with E-state index in [1.54, 1.807) is 13.8 Å². The van der Waals surface area contributed by atoms with Crippen molar-refractivity contribution in [3.05, 3.63) is 46.3 Å². The first-order valence-electron chi connectivity index (χ1n) is 8.24. The molecule has 2 heterocycles. The lowest BCUT2D eigenvalue weighted by Gasteiger charge is -2.37. The molecule has 1 atom stereocenters. The van der Waals surface area contributed by atoms with E-state index in [4.69, 9.17) is 16.1 Å². The van der Waals surface area contributed by atoms with Crippen molar-refractivity contribution < 1.29 is 12.9 Å². The van der Waals surface area contributed by atoms with E-state index in [9.17, 15) is 8.42 Å². The van der Waals surface area contributed by atoms with E-state index < -0.39 is 10.0 Å². The van der Waals surface area contributed by atoms with E-state index in [2.05, 4.69) is 17.0 Å². The maximum atomic E-state index is 12.9. The lowest BCUT2D eigenvalue weighted by atomic mass is 10.1. The molecule has 3 rings (SSSR count). The highest BCUT2D eigenvalue weighted by molar-refractivity contribution is 7.89. The molecule has 8 heteroatoms. The van der Waals surface area contributed by atoms with Gasteiger partial charge >= 0.3 is 0 Å². The Labute approximate surface area is 153 Å². The minimum atomic E-state index is -3.58. The van der Waals surface area contributed by atoms with Crippen molar-refractivity contribution >= 4 is 21.6 Å². The fraction of sp³-hybridized carbons (Fsp3) is 0.471. The van der Waals surface area contributed by atoms with Crippen LogP contribution < -0.4 is 0 Å². The lowest BCUT2D eigenvalue weighted by molar-refractivity contribution is 0.146. The Morgan fingerprint density at radius 1 is 1.16 bits per heavy atom. The summed E-state index contributed by atoms with van der Waals surface area (Å²) in [6, 6.07) is 7.91. The number of benzene rings is 1. The maximum absolute atomic E-state index is 12.9. The van der Waals surface area contributed by atoms with Gasteiger partial charge in [-0.05, 0) is 32.4 Å². The maximum Gasteiger partial charge on any atom is 0.248 e. The molecule has 0 N–H and O–H groups in total. The van der Waals surface area contributed by atoms with Crippen molar-refractivity contribution in [2.45, 2.75) is 31.7 Å². The van der Waals surface area contributed by atoms with Crippen molar-refractivity contribution in [2.75, 3.05) is 26.2 Å². The topological polar surface area (TPSA) is 66.7 Å². The normalized spacial score (nSPS) is 18.4. The van der Waals surface area contributed by atoms with Crippen LogP contribution in [0.1, 0.15) is 30.0 Å². The monoisotopic (exact) mass is 383 g/mol. The minimum absolute atomic E-state index is 0.137. The fourth-order valence-electron chi connectivity index (χ4n) is 3.31. The summed E-state index contributed by atoms with van der Waals surface area (Å²) < 4.78 is 32.3. The second-order valence-electron chi connectivity index (χ2n) is 6.29. The van der Waals surface area contributed by atoms with E-state index in [1.165, 1.54) is 4.31 Å². The summed E-state index contributed by atoms with van der Waals surface area (Å²) in [6.45, 7) is 7.54. The van der Waals surface area contributed by atoms with Gasteiger partial charge in [0.15, 0.2) is 5.76 Å². The molecule has 1 saturated heterocycles. The summed E-state index contributed by atoms with van der Waals surface area (Å²) in [6.07, 6.45) is 0. The predicted molar refractivity (Wildman–Crippen MR) is 96.2 cm³/mol. The van der Waals surface area contributed by atoms with Crippen molar-refractivity contribution in [1.29, 1.82) is 0 Å². The first-order valence-corrected chi connectivity index (χ1v) is 10.1. The number of halogens is 1. The first kappa shape index (κ1) is 18.4. The summed E-state index contributed by atoms with van der Waals surface area (Å²) in [7, 11) is -3.58. The van der Waals surface area contributed by atoms with Gasteiger partial charge in [0.05, 0.1) is 0 Å². The Hall–Kier alpha value is -1.41. The molecule has 6 nitrogen and oxygen atoms in total. The molecular formula is C17H22ClN3O3S. The number of piperazine rings is 1. The molecule has 25 heavy (non-hydrogen) atoms. The summed E-state index contributed by atoms with van der Waals surface area (Å²) in [5.41, 5.74) is 1.47. The van der Waals surface area contributed by atoms with Crippen molar-refractivity contribution in [2.24, 2.45) is 0 Å². The molecule has 2 aromatic rings. The zero-order valence-electron chi connectivity index (χ0n) is 14.6. The van der Waals surface area contributed by atoms with Crippen LogP contribution in [0, 0.1) is 13.8 Å². The van der Waals surface area contributed by atoms with Crippen LogP contribution >= 0.6 is 11.6 Å². The average molecular weight is 384 g/mol. The van der Waals surface area contributed by atoms with Gasteiger partial charge in [-0.1, -0.05) is 35.0 Å². The van der Waals surface area contributed by atoms with Crippen molar-refractivity contribution in [1.82, 2.24) is 14.4 Å². The lowest BCUT2D eigenvalue weighted by Crippen LogP contribution is -2.49. The Balaban J connectivity index is 1.73. The third-order valence-corrected chi connectivity index (χ3v) is 7.23. The number of sulfonamides is 1. The Morgan fingerprint density at radius 3 is 2.36 bits per heavy atom. The number of aryl methyl sites for hydroxylation is 2. The van der Waals surface area contributed by atoms with Crippen LogP contribution in [-0.2, 0) is 10.0 Å². The van der Waals surface area contributed by atoms with E-state index >= 15 is 0 Å².